The predicted molar refractivity (Wildman–Crippen MR) is 211 cm³/mol. The minimum absolute atomic E-state index is 0.0178. The van der Waals surface area contributed by atoms with Crippen molar-refractivity contribution in [2.45, 2.75) is 19.6 Å². The van der Waals surface area contributed by atoms with Gasteiger partial charge in [0.15, 0.2) is 19.7 Å². The molecule has 0 amide bonds. The van der Waals surface area contributed by atoms with E-state index >= 15 is 0 Å². The number of hydrogen-bond donors (Lipinski definition) is 6. The molecule has 0 saturated heterocycles. The van der Waals surface area contributed by atoms with Crippen LogP contribution in [0.5, 0.6) is 0 Å². The average Bonchev–Trinajstić information content (AvgIpc) is 3.14. The van der Waals surface area contributed by atoms with Gasteiger partial charge in [-0.3, -0.25) is 18.2 Å². The highest BCUT2D eigenvalue weighted by molar-refractivity contribution is 7.91. The lowest BCUT2D eigenvalue weighted by Gasteiger charge is -2.12. The maximum atomic E-state index is 12.6. The Hall–Kier alpha value is -5.26. The number of nitrogen functional groups attached to an aromatic ring is 1. The molecule has 0 aliphatic rings. The minimum atomic E-state index is -5.05. The fourth-order valence-corrected chi connectivity index (χ4v) is 8.71. The Morgan fingerprint density at radius 3 is 1.38 bits per heavy atom. The molecule has 0 aliphatic heterocycles. The summed E-state index contributed by atoms with van der Waals surface area (Å²) in [6, 6.07) is 12.2. The summed E-state index contributed by atoms with van der Waals surface area (Å²) in [6.45, 7) is -1.76. The second kappa shape index (κ2) is 18.8. The van der Waals surface area contributed by atoms with Gasteiger partial charge in [0.05, 0.1) is 62.2 Å². The van der Waals surface area contributed by atoms with Crippen molar-refractivity contribution >= 4 is 106 Å². The summed E-state index contributed by atoms with van der Waals surface area (Å²) in [5, 5.41) is 26.7. The van der Waals surface area contributed by atoms with E-state index in [-0.39, 0.29) is 49.6 Å². The van der Waals surface area contributed by atoms with Crippen LogP contribution < -0.4 is 11.1 Å². The third-order valence-electron chi connectivity index (χ3n) is 7.42. The Morgan fingerprint density at radius 1 is 0.525 bits per heavy atom. The number of nitrogens with two attached hydrogens (primary N) is 1. The first kappa shape index (κ1) is 48.4. The van der Waals surface area contributed by atoms with Crippen LogP contribution in [0.4, 0.5) is 45.5 Å². The number of sulfone groups is 2. The number of anilines is 2. The Balaban J connectivity index is 1.80. The van der Waals surface area contributed by atoms with Crippen LogP contribution in [0.1, 0.15) is 0 Å². The zero-order valence-electron chi connectivity index (χ0n) is 30.5. The highest BCUT2D eigenvalue weighted by atomic mass is 32.3. The van der Waals surface area contributed by atoms with Gasteiger partial charge in [-0.1, -0.05) is 0 Å². The van der Waals surface area contributed by atoms with Crippen LogP contribution in [-0.2, 0) is 69.1 Å². The van der Waals surface area contributed by atoms with Crippen LogP contribution in [-0.4, -0.2) is 100 Å². The van der Waals surface area contributed by atoms with E-state index in [0.717, 1.165) is 30.3 Å². The molecule has 32 heteroatoms. The molecular formula is C29H30N8O18S6. The highest BCUT2D eigenvalue weighted by Gasteiger charge is 2.22. The van der Waals surface area contributed by atoms with E-state index < -0.39 is 101 Å². The maximum absolute atomic E-state index is 12.6. The Kier molecular flexibility index (Phi) is 14.9. The molecule has 4 aromatic rings. The van der Waals surface area contributed by atoms with E-state index in [4.69, 9.17) is 14.8 Å². The third-order valence-corrected chi connectivity index (χ3v) is 13.5. The molecule has 0 saturated carbocycles. The standard InChI is InChI=1S/C29H30N8O18S6/c1-31-28-25(36-34-23-16-22(58(42,43)44)10-11-26(23)59(45,46)47)17-24(35-32-18-2-6-20(7-3-18)56(38,39)14-12-54-60(48,49)50)27(30)29(28)37-33-19-4-8-21(9-5-19)57(40,41)15-13-55-61(51,52)53/h2-11,16-17,31H,12-15,30H2,1H3,(H,42,43,44)(H,45,46,47)(H,48,49,50)(H,51,52,53)/b35-32+,36-34+,37-33+. The lowest BCUT2D eigenvalue weighted by Crippen LogP contribution is -2.15. The largest absolute Gasteiger partial charge is 0.397 e. The van der Waals surface area contributed by atoms with E-state index in [1.807, 2.05) is 0 Å². The van der Waals surface area contributed by atoms with Crippen molar-refractivity contribution in [2.75, 3.05) is 42.8 Å². The number of nitrogens with one attached hydrogen (secondary N) is 1. The highest BCUT2D eigenvalue weighted by Crippen LogP contribution is 2.47. The predicted octanol–water partition coefficient (Wildman–Crippen LogP) is 4.24. The van der Waals surface area contributed by atoms with Gasteiger partial charge in [0, 0.05) is 7.05 Å². The van der Waals surface area contributed by atoms with Gasteiger partial charge in [0.25, 0.3) is 20.2 Å². The summed E-state index contributed by atoms with van der Waals surface area (Å²) in [7, 11) is -26.6. The fourth-order valence-electron chi connectivity index (χ4n) is 4.62. The van der Waals surface area contributed by atoms with E-state index in [1.54, 1.807) is 0 Å². The molecule has 4 aromatic carbocycles. The molecule has 0 aromatic heterocycles. The fraction of sp³-hybridized carbons (Fsp3) is 0.172. The maximum Gasteiger partial charge on any atom is 0.397 e. The summed E-state index contributed by atoms with van der Waals surface area (Å²) in [5.74, 6) is -1.64. The topological polar surface area (TPSA) is 416 Å². The summed E-state index contributed by atoms with van der Waals surface area (Å²) in [5.41, 5.74) is 4.57. The second-order valence-electron chi connectivity index (χ2n) is 11.6. The van der Waals surface area contributed by atoms with Crippen LogP contribution in [0, 0.1) is 0 Å². The van der Waals surface area contributed by atoms with Gasteiger partial charge in [0.1, 0.15) is 27.6 Å². The van der Waals surface area contributed by atoms with Gasteiger partial charge in [-0.2, -0.15) is 43.9 Å². The molecule has 330 valence electrons. The minimum Gasteiger partial charge on any atom is -0.395 e. The van der Waals surface area contributed by atoms with Crippen LogP contribution in [0.2, 0.25) is 0 Å². The van der Waals surface area contributed by atoms with Crippen molar-refractivity contribution < 1.29 is 77.1 Å². The molecule has 7 N–H and O–H groups in total. The molecule has 26 nitrogen and oxygen atoms in total. The smallest absolute Gasteiger partial charge is 0.395 e. The van der Waals surface area contributed by atoms with Gasteiger partial charge in [-0.25, -0.2) is 25.2 Å². The summed E-state index contributed by atoms with van der Waals surface area (Å²) >= 11 is 0. The van der Waals surface area contributed by atoms with E-state index in [1.165, 1.54) is 31.3 Å². The van der Waals surface area contributed by atoms with Crippen molar-refractivity contribution in [3.8, 4) is 0 Å². The SMILES string of the molecule is CNc1c(/N=N/c2cc(S(=O)(=O)O)ccc2S(=O)(=O)O)cc(/N=N/c2ccc(S(=O)(=O)CCOS(=O)(=O)O)cc2)c(N)c1/N=N/c1ccc(S(=O)(=O)CCOS(=O)(=O)O)cc1. The van der Waals surface area contributed by atoms with Gasteiger partial charge in [0.2, 0.25) is 0 Å². The first-order valence-electron chi connectivity index (χ1n) is 16.0. The number of benzene rings is 4. The van der Waals surface area contributed by atoms with Crippen molar-refractivity contribution in [3.63, 3.8) is 0 Å². The van der Waals surface area contributed by atoms with Crippen LogP contribution in [0.25, 0.3) is 0 Å². The molecule has 61 heavy (non-hydrogen) atoms. The van der Waals surface area contributed by atoms with Gasteiger partial charge in [-0.15, -0.1) is 20.5 Å². The Labute approximate surface area is 347 Å². The summed E-state index contributed by atoms with van der Waals surface area (Å²) in [4.78, 5) is -2.31. The zero-order chi connectivity index (χ0) is 45.6. The quantitative estimate of drug-likeness (QED) is 0.0435. The van der Waals surface area contributed by atoms with Crippen LogP contribution >= 0.6 is 0 Å². The first-order valence-corrected chi connectivity index (χ1v) is 24.9. The molecule has 0 atom stereocenters. The Bertz CT molecular complexity index is 3090. The van der Waals surface area contributed by atoms with Crippen LogP contribution in [0.3, 0.4) is 0 Å². The average molecular weight is 971 g/mol. The van der Waals surface area contributed by atoms with Crippen molar-refractivity contribution in [3.05, 3.63) is 72.8 Å². The van der Waals surface area contributed by atoms with Crippen molar-refractivity contribution in [1.82, 2.24) is 0 Å². The second-order valence-corrected chi connectivity index (χ2v) is 20.8. The summed E-state index contributed by atoms with van der Waals surface area (Å²) < 4.78 is 186. The van der Waals surface area contributed by atoms with Crippen LogP contribution in [0.15, 0.2) is 123 Å². The molecule has 0 heterocycles. The monoisotopic (exact) mass is 970 g/mol. The van der Waals surface area contributed by atoms with Gasteiger partial charge >= 0.3 is 20.8 Å². The molecule has 0 aliphatic carbocycles. The third kappa shape index (κ3) is 13.9. The molecule has 0 bridgehead atoms. The van der Waals surface area contributed by atoms with E-state index in [2.05, 4.69) is 44.4 Å². The lowest BCUT2D eigenvalue weighted by molar-refractivity contribution is 0.282. The molecule has 0 radical (unpaired) electrons. The summed E-state index contributed by atoms with van der Waals surface area (Å²) in [6.07, 6.45) is 0. The lowest BCUT2D eigenvalue weighted by atomic mass is 10.1. The van der Waals surface area contributed by atoms with E-state index in [9.17, 15) is 59.6 Å². The van der Waals surface area contributed by atoms with Crippen molar-refractivity contribution in [1.29, 1.82) is 0 Å². The zero-order valence-corrected chi connectivity index (χ0v) is 35.4. The molecule has 4 rings (SSSR count). The Morgan fingerprint density at radius 2 is 0.951 bits per heavy atom. The van der Waals surface area contributed by atoms with Crippen molar-refractivity contribution in [2.24, 2.45) is 30.7 Å². The number of azo groups is 3. The number of nitrogens with zero attached hydrogens (tertiary/aromatic N) is 6. The normalized spacial score (nSPS) is 13.4. The molecular weight excluding hydrogens is 941 g/mol. The molecule has 0 spiro atoms. The molecule has 0 fully saturated rings. The molecule has 0 unspecified atom stereocenters. The first-order chi connectivity index (χ1) is 28.1. The number of hydrogen-bond acceptors (Lipinski definition) is 22. The van der Waals surface area contributed by atoms with E-state index in [0.29, 0.717) is 18.2 Å². The van der Waals surface area contributed by atoms with Gasteiger partial charge < -0.3 is 11.1 Å². The van der Waals surface area contributed by atoms with Gasteiger partial charge in [-0.05, 0) is 72.8 Å². The number of rotatable bonds is 19.